The Morgan fingerprint density at radius 3 is 1.63 bits per heavy atom. The van der Waals surface area contributed by atoms with Gasteiger partial charge < -0.3 is 5.73 Å². The number of hydrogen-bond acceptors (Lipinski definition) is 1. The van der Waals surface area contributed by atoms with E-state index in [1.54, 1.807) is 0 Å². The Hall–Kier alpha value is -2.80. The molecule has 1 unspecified atom stereocenters. The van der Waals surface area contributed by atoms with E-state index in [4.69, 9.17) is 5.73 Å². The van der Waals surface area contributed by atoms with Crippen molar-refractivity contribution in [2.45, 2.75) is 93.4 Å². The molecule has 1 atom stereocenters. The van der Waals surface area contributed by atoms with Gasteiger partial charge in [0, 0.05) is 5.70 Å². The number of rotatable bonds is 7. The van der Waals surface area contributed by atoms with Gasteiger partial charge in [0.15, 0.2) is 0 Å². The van der Waals surface area contributed by atoms with E-state index in [1.807, 2.05) is 32.0 Å². The van der Waals surface area contributed by atoms with Crippen molar-refractivity contribution in [1.82, 2.24) is 0 Å². The van der Waals surface area contributed by atoms with E-state index >= 15 is 0 Å². The summed E-state index contributed by atoms with van der Waals surface area (Å²) < 4.78 is 0. The Morgan fingerprint density at radius 2 is 1.23 bits per heavy atom. The molecule has 0 saturated carbocycles. The van der Waals surface area contributed by atoms with Crippen molar-refractivity contribution < 1.29 is 0 Å². The molecule has 0 aliphatic carbocycles. The standard InChI is InChI=1S/C17H27N.C8H10.C7H8.C2H6/c1-5-7-9-15(8-6-2)16-11-10-13(3)17(12-16)14(4)18;1-7-3-5-8(2)6-4-7;1-7-5-3-2-4-6-7;1-2/h10-12,15H,4-9,18H2,1-3H3;3-6H,1-2H3;2-6H,1H3;1-2H3. The minimum absolute atomic E-state index is 0.675. The van der Waals surface area contributed by atoms with Gasteiger partial charge in [0.2, 0.25) is 0 Å². The smallest absolute Gasteiger partial charge is 0.0317 e. The summed E-state index contributed by atoms with van der Waals surface area (Å²) in [5, 5.41) is 0. The molecule has 3 aromatic carbocycles. The molecule has 0 aliphatic rings. The Balaban J connectivity index is 0.000000556. The molecular weight excluding hydrogens is 422 g/mol. The van der Waals surface area contributed by atoms with Crippen LogP contribution in [0.4, 0.5) is 0 Å². The Morgan fingerprint density at radius 1 is 0.714 bits per heavy atom. The van der Waals surface area contributed by atoms with E-state index < -0.39 is 0 Å². The quantitative estimate of drug-likeness (QED) is 0.363. The summed E-state index contributed by atoms with van der Waals surface area (Å²) in [7, 11) is 0. The van der Waals surface area contributed by atoms with Gasteiger partial charge in [-0.3, -0.25) is 0 Å². The molecule has 3 rings (SSSR count). The van der Waals surface area contributed by atoms with E-state index in [1.165, 1.54) is 59.9 Å². The molecule has 0 heterocycles. The van der Waals surface area contributed by atoms with Crippen molar-refractivity contribution in [2.75, 3.05) is 0 Å². The maximum atomic E-state index is 5.86. The van der Waals surface area contributed by atoms with Crippen molar-refractivity contribution in [1.29, 1.82) is 0 Å². The van der Waals surface area contributed by atoms with Crippen LogP contribution in [0.3, 0.4) is 0 Å². The second kappa shape index (κ2) is 19.5. The van der Waals surface area contributed by atoms with Gasteiger partial charge in [0.05, 0.1) is 0 Å². The zero-order chi connectivity index (χ0) is 26.6. The van der Waals surface area contributed by atoms with Gasteiger partial charge in [-0.1, -0.05) is 137 Å². The first-order valence-corrected chi connectivity index (χ1v) is 13.4. The first-order valence-electron chi connectivity index (χ1n) is 13.4. The third-order valence-corrected chi connectivity index (χ3v) is 5.78. The topological polar surface area (TPSA) is 26.0 Å². The van der Waals surface area contributed by atoms with Crippen LogP contribution < -0.4 is 5.73 Å². The molecule has 192 valence electrons. The van der Waals surface area contributed by atoms with Crippen LogP contribution in [-0.2, 0) is 0 Å². The normalized spacial score (nSPS) is 10.4. The van der Waals surface area contributed by atoms with Crippen molar-refractivity contribution in [3.63, 3.8) is 0 Å². The van der Waals surface area contributed by atoms with Crippen molar-refractivity contribution >= 4 is 5.70 Å². The van der Waals surface area contributed by atoms with Gasteiger partial charge in [-0.25, -0.2) is 0 Å². The number of hydrogen-bond donors (Lipinski definition) is 1. The summed E-state index contributed by atoms with van der Waals surface area (Å²) in [5.41, 5.74) is 14.3. The number of aryl methyl sites for hydroxylation is 4. The summed E-state index contributed by atoms with van der Waals surface area (Å²) in [4.78, 5) is 0. The third kappa shape index (κ3) is 14.3. The molecule has 0 saturated heterocycles. The highest BCUT2D eigenvalue weighted by atomic mass is 14.6. The van der Waals surface area contributed by atoms with Crippen LogP contribution >= 0.6 is 0 Å². The van der Waals surface area contributed by atoms with Crippen molar-refractivity contribution in [3.8, 4) is 0 Å². The Bertz CT molecular complexity index is 902. The second-order valence-corrected chi connectivity index (χ2v) is 9.04. The van der Waals surface area contributed by atoms with Crippen LogP contribution in [0.15, 0.2) is 79.4 Å². The molecule has 3 aromatic rings. The maximum Gasteiger partial charge on any atom is 0.0317 e. The molecule has 0 amide bonds. The highest BCUT2D eigenvalue weighted by molar-refractivity contribution is 5.64. The largest absolute Gasteiger partial charge is 0.399 e. The number of benzene rings is 3. The SMILES string of the molecule is C=C(N)c1cc(C(CCC)CCCC)ccc1C.CC.Cc1ccc(C)cc1.Cc1ccccc1. The lowest BCUT2D eigenvalue weighted by Gasteiger charge is -2.18. The monoisotopic (exact) mass is 473 g/mol. The summed E-state index contributed by atoms with van der Waals surface area (Å²) in [5.74, 6) is 0.675. The lowest BCUT2D eigenvalue weighted by atomic mass is 9.87. The minimum atomic E-state index is 0.675. The second-order valence-electron chi connectivity index (χ2n) is 9.04. The van der Waals surface area contributed by atoms with Crippen LogP contribution in [0, 0.1) is 27.7 Å². The summed E-state index contributed by atoms with van der Waals surface area (Å²) in [6.45, 7) is 20.8. The summed E-state index contributed by atoms with van der Waals surface area (Å²) >= 11 is 0. The fourth-order valence-electron chi connectivity index (χ4n) is 3.69. The highest BCUT2D eigenvalue weighted by Gasteiger charge is 2.12. The van der Waals surface area contributed by atoms with Gasteiger partial charge in [-0.15, -0.1) is 0 Å². The van der Waals surface area contributed by atoms with Gasteiger partial charge in [0.25, 0.3) is 0 Å². The van der Waals surface area contributed by atoms with E-state index in [0.29, 0.717) is 11.6 Å². The molecule has 1 nitrogen and oxygen atoms in total. The van der Waals surface area contributed by atoms with E-state index in [9.17, 15) is 0 Å². The average molecular weight is 474 g/mol. The molecule has 35 heavy (non-hydrogen) atoms. The van der Waals surface area contributed by atoms with Crippen LogP contribution in [0.2, 0.25) is 0 Å². The zero-order valence-corrected chi connectivity index (χ0v) is 23.8. The van der Waals surface area contributed by atoms with E-state index in [2.05, 4.69) is 103 Å². The molecule has 0 aromatic heterocycles. The molecule has 1 heteroatoms. The molecule has 0 fully saturated rings. The zero-order valence-electron chi connectivity index (χ0n) is 23.8. The summed E-state index contributed by atoms with van der Waals surface area (Å²) in [6.07, 6.45) is 6.35. The van der Waals surface area contributed by atoms with Crippen LogP contribution in [0.25, 0.3) is 5.70 Å². The van der Waals surface area contributed by atoms with Gasteiger partial charge in [-0.2, -0.15) is 0 Å². The van der Waals surface area contributed by atoms with E-state index in [-0.39, 0.29) is 0 Å². The molecule has 0 aliphatic heterocycles. The highest BCUT2D eigenvalue weighted by Crippen LogP contribution is 2.29. The van der Waals surface area contributed by atoms with Crippen LogP contribution in [0.5, 0.6) is 0 Å². The first kappa shape index (κ1) is 32.2. The van der Waals surface area contributed by atoms with Crippen LogP contribution in [0.1, 0.15) is 99.1 Å². The first-order chi connectivity index (χ1) is 16.8. The number of nitrogens with two attached hydrogens (primary N) is 1. The molecule has 0 radical (unpaired) electrons. The van der Waals surface area contributed by atoms with Crippen LogP contribution in [-0.4, -0.2) is 0 Å². The lowest BCUT2D eigenvalue weighted by molar-refractivity contribution is 0.541. The average Bonchev–Trinajstić information content (AvgIpc) is 2.86. The third-order valence-electron chi connectivity index (χ3n) is 5.78. The van der Waals surface area contributed by atoms with Gasteiger partial charge >= 0.3 is 0 Å². The predicted octanol–water partition coefficient (Wildman–Crippen LogP) is 10.3. The fraction of sp³-hybridized carbons (Fsp3) is 0.412. The maximum absolute atomic E-state index is 5.86. The minimum Gasteiger partial charge on any atom is -0.399 e. The molecule has 0 bridgehead atoms. The number of unbranched alkanes of at least 4 members (excludes halogenated alkanes) is 1. The molecule has 0 spiro atoms. The molecular formula is C34H51N. The Kier molecular flexibility index (Phi) is 17.9. The lowest BCUT2D eigenvalue weighted by Crippen LogP contribution is -2.03. The van der Waals surface area contributed by atoms with Crippen molar-refractivity contribution in [2.24, 2.45) is 5.73 Å². The fourth-order valence-corrected chi connectivity index (χ4v) is 3.69. The van der Waals surface area contributed by atoms with E-state index in [0.717, 1.165) is 5.56 Å². The van der Waals surface area contributed by atoms with Gasteiger partial charge in [0.1, 0.15) is 0 Å². The van der Waals surface area contributed by atoms with Gasteiger partial charge in [-0.05, 0) is 69.2 Å². The molecule has 2 N–H and O–H groups in total. The predicted molar refractivity (Wildman–Crippen MR) is 160 cm³/mol. The van der Waals surface area contributed by atoms with Crippen molar-refractivity contribution in [3.05, 3.63) is 113 Å². The summed E-state index contributed by atoms with van der Waals surface area (Å²) in [6, 6.07) is 25.4. The Labute approximate surface area is 217 Å².